The van der Waals surface area contributed by atoms with Crippen LogP contribution in [0.3, 0.4) is 0 Å². The van der Waals surface area contributed by atoms with Gasteiger partial charge in [-0.05, 0) is 70.1 Å². The molecule has 6 aromatic rings. The van der Waals surface area contributed by atoms with E-state index in [0.717, 1.165) is 5.92 Å². The highest BCUT2D eigenvalue weighted by Crippen LogP contribution is 2.41. The van der Waals surface area contributed by atoms with Crippen molar-refractivity contribution in [1.82, 2.24) is 0 Å². The van der Waals surface area contributed by atoms with Crippen LogP contribution in [0.4, 0.5) is 0 Å². The second-order valence-electron chi connectivity index (χ2n) is 9.99. The SMILES string of the molecule is c1ccc(-c2cc3ccc4cc5c(ccc6cc(CCC7CCCCC7)sc65)cc4c3s2)cc1. The number of hydrogen-bond acceptors (Lipinski definition) is 2. The van der Waals surface area contributed by atoms with Crippen molar-refractivity contribution in [1.29, 1.82) is 0 Å². The zero-order valence-electron chi connectivity index (χ0n) is 19.3. The average molecular weight is 477 g/mol. The van der Waals surface area contributed by atoms with E-state index in [9.17, 15) is 0 Å². The van der Waals surface area contributed by atoms with Gasteiger partial charge in [-0.1, -0.05) is 86.7 Å². The Labute approximate surface area is 208 Å². The molecule has 1 aliphatic rings. The smallest absolute Gasteiger partial charge is 0.0428 e. The van der Waals surface area contributed by atoms with E-state index >= 15 is 0 Å². The highest BCUT2D eigenvalue weighted by molar-refractivity contribution is 7.23. The molecule has 0 amide bonds. The first kappa shape index (κ1) is 20.7. The predicted octanol–water partition coefficient (Wildman–Crippen LogP) is 10.6. The number of thiophene rings is 2. The Morgan fingerprint density at radius 3 is 2.00 bits per heavy atom. The van der Waals surface area contributed by atoms with Crippen molar-refractivity contribution in [2.45, 2.75) is 44.9 Å². The highest BCUT2D eigenvalue weighted by Gasteiger charge is 2.15. The molecular weight excluding hydrogens is 448 g/mol. The van der Waals surface area contributed by atoms with Crippen LogP contribution in [0.1, 0.15) is 43.4 Å². The molecule has 0 aliphatic heterocycles. The summed E-state index contributed by atoms with van der Waals surface area (Å²) in [7, 11) is 0. The predicted molar refractivity (Wildman–Crippen MR) is 153 cm³/mol. The van der Waals surface area contributed by atoms with Crippen molar-refractivity contribution < 1.29 is 0 Å². The van der Waals surface area contributed by atoms with Crippen LogP contribution in [-0.2, 0) is 6.42 Å². The Hall–Kier alpha value is -2.68. The van der Waals surface area contributed by atoms with Crippen LogP contribution < -0.4 is 0 Å². The van der Waals surface area contributed by atoms with Crippen LogP contribution in [0.25, 0.3) is 52.2 Å². The molecule has 0 nitrogen and oxygen atoms in total. The van der Waals surface area contributed by atoms with E-state index in [1.54, 1.807) is 4.88 Å². The van der Waals surface area contributed by atoms with E-state index < -0.39 is 0 Å². The van der Waals surface area contributed by atoms with Crippen LogP contribution in [0.15, 0.2) is 78.9 Å². The lowest BCUT2D eigenvalue weighted by Crippen LogP contribution is -2.06. The Bertz CT molecular complexity index is 1630. The molecule has 1 saturated carbocycles. The van der Waals surface area contributed by atoms with Crippen LogP contribution in [0.5, 0.6) is 0 Å². The largest absolute Gasteiger partial charge is 0.140 e. The van der Waals surface area contributed by atoms with Crippen molar-refractivity contribution in [3.05, 3.63) is 83.7 Å². The summed E-state index contributed by atoms with van der Waals surface area (Å²) in [6.45, 7) is 0. The summed E-state index contributed by atoms with van der Waals surface area (Å²) in [5, 5.41) is 8.27. The summed E-state index contributed by atoms with van der Waals surface area (Å²) in [5.74, 6) is 0.952. The first-order valence-electron chi connectivity index (χ1n) is 12.7. The van der Waals surface area contributed by atoms with Gasteiger partial charge in [0.1, 0.15) is 0 Å². The lowest BCUT2D eigenvalue weighted by atomic mass is 9.86. The minimum atomic E-state index is 0.952. The lowest BCUT2D eigenvalue weighted by molar-refractivity contribution is 0.340. The number of fused-ring (bicyclic) bond motifs is 6. The molecule has 1 fully saturated rings. The summed E-state index contributed by atoms with van der Waals surface area (Å²) in [4.78, 5) is 2.91. The molecule has 0 bridgehead atoms. The second-order valence-corrected chi connectivity index (χ2v) is 12.2. The van der Waals surface area contributed by atoms with Crippen LogP contribution in [0, 0.1) is 5.92 Å². The molecule has 168 valence electrons. The Balaban J connectivity index is 1.30. The maximum absolute atomic E-state index is 2.46. The van der Waals surface area contributed by atoms with Crippen molar-refractivity contribution >= 4 is 64.4 Å². The molecule has 0 unspecified atom stereocenters. The van der Waals surface area contributed by atoms with Crippen molar-refractivity contribution in [3.8, 4) is 10.4 Å². The van der Waals surface area contributed by atoms with Gasteiger partial charge in [-0.25, -0.2) is 0 Å². The zero-order valence-corrected chi connectivity index (χ0v) is 21.0. The topological polar surface area (TPSA) is 0 Å². The third-order valence-corrected chi connectivity index (χ3v) is 10.2. The fourth-order valence-electron chi connectivity index (χ4n) is 5.88. The molecule has 0 N–H and O–H groups in total. The molecule has 4 aromatic carbocycles. The quantitative estimate of drug-likeness (QED) is 0.222. The molecule has 7 rings (SSSR count). The molecule has 34 heavy (non-hydrogen) atoms. The van der Waals surface area contributed by atoms with Crippen LogP contribution in [-0.4, -0.2) is 0 Å². The van der Waals surface area contributed by atoms with Gasteiger partial charge in [0.25, 0.3) is 0 Å². The maximum atomic E-state index is 2.46. The van der Waals surface area contributed by atoms with Crippen molar-refractivity contribution in [2.75, 3.05) is 0 Å². The average Bonchev–Trinajstić information content (AvgIpc) is 3.52. The van der Waals surface area contributed by atoms with Gasteiger partial charge in [0.2, 0.25) is 0 Å². The van der Waals surface area contributed by atoms with Gasteiger partial charge < -0.3 is 0 Å². The van der Waals surface area contributed by atoms with E-state index in [2.05, 4.69) is 78.9 Å². The summed E-state index contributed by atoms with van der Waals surface area (Å²) in [6.07, 6.45) is 9.85. The Morgan fingerprint density at radius 1 is 0.618 bits per heavy atom. The molecular formula is C32H28S2. The van der Waals surface area contributed by atoms with Gasteiger partial charge in [-0.15, -0.1) is 22.7 Å². The fourth-order valence-corrected chi connectivity index (χ4v) is 8.27. The summed E-state index contributed by atoms with van der Waals surface area (Å²) < 4.78 is 2.87. The van der Waals surface area contributed by atoms with E-state index in [4.69, 9.17) is 0 Å². The summed E-state index contributed by atoms with van der Waals surface area (Å²) in [6, 6.07) is 29.7. The summed E-state index contributed by atoms with van der Waals surface area (Å²) in [5.41, 5.74) is 1.30. The number of aryl methyl sites for hydroxylation is 1. The maximum Gasteiger partial charge on any atom is 0.0428 e. The van der Waals surface area contributed by atoms with Gasteiger partial charge in [0.05, 0.1) is 0 Å². The van der Waals surface area contributed by atoms with Crippen LogP contribution >= 0.6 is 22.7 Å². The van der Waals surface area contributed by atoms with E-state index in [-0.39, 0.29) is 0 Å². The lowest BCUT2D eigenvalue weighted by Gasteiger charge is -2.20. The third-order valence-electron chi connectivity index (χ3n) is 7.75. The van der Waals surface area contributed by atoms with Crippen molar-refractivity contribution in [2.24, 2.45) is 5.92 Å². The molecule has 0 atom stereocenters. The molecule has 0 spiro atoms. The van der Waals surface area contributed by atoms with Gasteiger partial charge in [0, 0.05) is 29.9 Å². The van der Waals surface area contributed by atoms with E-state index in [1.807, 2.05) is 22.7 Å². The van der Waals surface area contributed by atoms with Crippen molar-refractivity contribution in [3.63, 3.8) is 0 Å². The van der Waals surface area contributed by atoms with Gasteiger partial charge in [-0.2, -0.15) is 0 Å². The standard InChI is InChI=1S/C32H28S2/c1-3-7-21(8-4-1)11-16-27-17-25-14-12-23-19-29-24(18-28(23)31(25)33-27)13-15-26-20-30(34-32(26)29)22-9-5-2-6-10-22/h2,5-6,9-10,12-15,17-21H,1,3-4,7-8,11,16H2. The number of rotatable bonds is 4. The monoisotopic (exact) mass is 476 g/mol. The molecule has 0 radical (unpaired) electrons. The van der Waals surface area contributed by atoms with E-state index in [1.165, 1.54) is 97.1 Å². The highest BCUT2D eigenvalue weighted by atomic mass is 32.1. The van der Waals surface area contributed by atoms with Gasteiger partial charge >= 0.3 is 0 Å². The molecule has 1 aliphatic carbocycles. The Kier molecular flexibility index (Phi) is 5.18. The molecule has 2 heteroatoms. The van der Waals surface area contributed by atoms with E-state index in [0.29, 0.717) is 0 Å². The minimum Gasteiger partial charge on any atom is -0.140 e. The second kappa shape index (κ2) is 8.52. The molecule has 2 aromatic heterocycles. The molecule has 2 heterocycles. The fraction of sp³-hybridized carbons (Fsp3) is 0.250. The first-order chi connectivity index (χ1) is 16.8. The van der Waals surface area contributed by atoms with Crippen LogP contribution in [0.2, 0.25) is 0 Å². The third kappa shape index (κ3) is 3.65. The number of benzene rings is 4. The minimum absolute atomic E-state index is 0.952. The normalized spacial score (nSPS) is 15.2. The molecule has 0 saturated heterocycles. The zero-order chi connectivity index (χ0) is 22.5. The number of hydrogen-bond donors (Lipinski definition) is 0. The summed E-state index contributed by atoms with van der Waals surface area (Å²) >= 11 is 3.95. The first-order valence-corrected chi connectivity index (χ1v) is 14.3. The van der Waals surface area contributed by atoms with Gasteiger partial charge in [0.15, 0.2) is 0 Å². The van der Waals surface area contributed by atoms with Gasteiger partial charge in [-0.3, -0.25) is 0 Å². The Morgan fingerprint density at radius 2 is 1.26 bits per heavy atom.